The third-order valence-electron chi connectivity index (χ3n) is 4.01. The van der Waals surface area contributed by atoms with Gasteiger partial charge in [-0.3, -0.25) is 0 Å². The zero-order valence-corrected chi connectivity index (χ0v) is 12.2. The molecule has 6 nitrogen and oxygen atoms in total. The average Bonchev–Trinajstić information content (AvgIpc) is 3.31. The van der Waals surface area contributed by atoms with E-state index in [0.717, 1.165) is 29.6 Å². The van der Waals surface area contributed by atoms with Gasteiger partial charge >= 0.3 is 0 Å². The van der Waals surface area contributed by atoms with Gasteiger partial charge < -0.3 is 15.1 Å². The van der Waals surface area contributed by atoms with E-state index in [0.29, 0.717) is 18.6 Å². The molecule has 6 heteroatoms. The van der Waals surface area contributed by atoms with E-state index >= 15 is 0 Å². The van der Waals surface area contributed by atoms with Crippen molar-refractivity contribution in [3.8, 4) is 0 Å². The number of aromatic nitrogens is 2. The van der Waals surface area contributed by atoms with Gasteiger partial charge in [0.1, 0.15) is 17.5 Å². The topological polar surface area (TPSA) is 76.3 Å². The maximum absolute atomic E-state index is 5.62. The molecule has 2 fully saturated rings. The van der Waals surface area contributed by atoms with Crippen molar-refractivity contribution in [3.63, 3.8) is 0 Å². The van der Waals surface area contributed by atoms with Gasteiger partial charge in [-0.2, -0.15) is 0 Å². The van der Waals surface area contributed by atoms with E-state index < -0.39 is 0 Å². The van der Waals surface area contributed by atoms with E-state index in [4.69, 9.17) is 15.6 Å². The molecule has 1 aromatic rings. The molecule has 0 atom stereocenters. The van der Waals surface area contributed by atoms with Crippen LogP contribution in [0.4, 0.5) is 11.6 Å². The van der Waals surface area contributed by atoms with E-state index in [2.05, 4.69) is 15.3 Å². The Balaban J connectivity index is 1.93. The van der Waals surface area contributed by atoms with Crippen LogP contribution in [-0.4, -0.2) is 36.3 Å². The first-order chi connectivity index (χ1) is 9.74. The molecule has 2 saturated carbocycles. The van der Waals surface area contributed by atoms with Crippen LogP contribution in [0.15, 0.2) is 0 Å². The molecule has 2 aliphatic rings. The van der Waals surface area contributed by atoms with E-state index in [9.17, 15) is 0 Å². The Kier molecular flexibility index (Phi) is 3.76. The summed E-state index contributed by atoms with van der Waals surface area (Å²) in [5, 5.41) is 0. The predicted molar refractivity (Wildman–Crippen MR) is 78.8 cm³/mol. The fraction of sp³-hybridized carbons (Fsp3) is 0.714. The summed E-state index contributed by atoms with van der Waals surface area (Å²) in [6.07, 6.45) is 4.84. The number of anilines is 2. The summed E-state index contributed by atoms with van der Waals surface area (Å²) in [6, 6.07) is 0.594. The third-order valence-corrected chi connectivity index (χ3v) is 4.01. The number of nitrogens with zero attached hydrogens (tertiary/aromatic N) is 3. The quantitative estimate of drug-likeness (QED) is 0.582. The number of hydrogen-bond donors (Lipinski definition) is 2. The first-order valence-electron chi connectivity index (χ1n) is 7.35. The molecule has 1 aromatic heterocycles. The molecule has 0 aromatic carbocycles. The number of methoxy groups -OCH3 is 1. The first kappa shape index (κ1) is 13.6. The summed E-state index contributed by atoms with van der Waals surface area (Å²) in [4.78, 5) is 11.7. The van der Waals surface area contributed by atoms with Crippen LogP contribution in [0.1, 0.15) is 43.0 Å². The van der Waals surface area contributed by atoms with E-state index in [1.165, 1.54) is 25.7 Å². The van der Waals surface area contributed by atoms with Crippen LogP contribution in [0.25, 0.3) is 0 Å². The van der Waals surface area contributed by atoms with E-state index in [1.54, 1.807) is 7.11 Å². The number of hydrogen-bond acceptors (Lipinski definition) is 6. The predicted octanol–water partition coefficient (Wildman–Crippen LogP) is 1.56. The lowest BCUT2D eigenvalue weighted by Gasteiger charge is -2.26. The molecule has 2 aliphatic carbocycles. The molecule has 0 radical (unpaired) electrons. The van der Waals surface area contributed by atoms with Crippen molar-refractivity contribution in [3.05, 3.63) is 11.4 Å². The van der Waals surface area contributed by atoms with Crippen LogP contribution in [0.2, 0.25) is 0 Å². The maximum Gasteiger partial charge on any atom is 0.148 e. The highest BCUT2D eigenvalue weighted by Gasteiger charge is 2.33. The van der Waals surface area contributed by atoms with Crippen molar-refractivity contribution in [2.75, 3.05) is 30.6 Å². The van der Waals surface area contributed by atoms with Crippen molar-refractivity contribution in [1.82, 2.24) is 9.97 Å². The van der Waals surface area contributed by atoms with Crippen LogP contribution in [0.5, 0.6) is 0 Å². The molecule has 0 bridgehead atoms. The second-order valence-corrected chi connectivity index (χ2v) is 5.71. The highest BCUT2D eigenvalue weighted by atomic mass is 16.5. The van der Waals surface area contributed by atoms with Crippen LogP contribution in [0, 0.1) is 6.92 Å². The molecule has 0 aliphatic heterocycles. The minimum atomic E-state index is 0.518. The summed E-state index contributed by atoms with van der Waals surface area (Å²) in [5.41, 5.74) is 3.75. The van der Waals surface area contributed by atoms with Gasteiger partial charge in [0, 0.05) is 31.2 Å². The summed E-state index contributed by atoms with van der Waals surface area (Å²) in [5.74, 6) is 8.84. The zero-order chi connectivity index (χ0) is 14.1. The SMILES string of the molecule is COCCN(c1nc(C2CC2)nc(NN)c1C)C1CC1. The molecule has 0 amide bonds. The van der Waals surface area contributed by atoms with Gasteiger partial charge in [-0.05, 0) is 32.6 Å². The Morgan fingerprint density at radius 1 is 1.30 bits per heavy atom. The van der Waals surface area contributed by atoms with Gasteiger partial charge in [0.25, 0.3) is 0 Å². The number of nitrogen functional groups attached to an aromatic ring is 1. The molecule has 0 unspecified atom stereocenters. The standard InChI is InChI=1S/C14H23N5O/c1-9-12(18-15)16-13(10-3-4-10)17-14(9)19(7-8-20-2)11-5-6-11/h10-11H,3-8,15H2,1-2H3,(H,16,17,18). The van der Waals surface area contributed by atoms with Gasteiger partial charge in [0.05, 0.1) is 6.61 Å². The molecule has 3 N–H and O–H groups in total. The van der Waals surface area contributed by atoms with Gasteiger partial charge in [-0.15, -0.1) is 0 Å². The van der Waals surface area contributed by atoms with Crippen LogP contribution in [0.3, 0.4) is 0 Å². The van der Waals surface area contributed by atoms with Crippen LogP contribution in [-0.2, 0) is 4.74 Å². The lowest BCUT2D eigenvalue weighted by Crippen LogP contribution is -2.32. The van der Waals surface area contributed by atoms with Crippen molar-refractivity contribution >= 4 is 11.6 Å². The molecule has 0 saturated heterocycles. The number of hydrazine groups is 1. The van der Waals surface area contributed by atoms with Gasteiger partial charge in [0.2, 0.25) is 0 Å². The molecule has 0 spiro atoms. The van der Waals surface area contributed by atoms with E-state index in [1.807, 2.05) is 6.92 Å². The Hall–Kier alpha value is -1.40. The molecule has 20 heavy (non-hydrogen) atoms. The minimum absolute atomic E-state index is 0.518. The highest BCUT2D eigenvalue weighted by molar-refractivity contribution is 5.59. The van der Waals surface area contributed by atoms with Crippen molar-refractivity contribution in [2.24, 2.45) is 5.84 Å². The molecular weight excluding hydrogens is 254 g/mol. The Morgan fingerprint density at radius 3 is 2.60 bits per heavy atom. The molecule has 110 valence electrons. The average molecular weight is 277 g/mol. The van der Waals surface area contributed by atoms with Crippen LogP contribution < -0.4 is 16.2 Å². The summed E-state index contributed by atoms with van der Waals surface area (Å²) < 4.78 is 5.23. The first-order valence-corrected chi connectivity index (χ1v) is 7.35. The van der Waals surface area contributed by atoms with Crippen molar-refractivity contribution in [2.45, 2.75) is 44.6 Å². The number of nitrogens with one attached hydrogen (secondary N) is 1. The second kappa shape index (κ2) is 5.54. The lowest BCUT2D eigenvalue weighted by atomic mass is 10.2. The normalized spacial score (nSPS) is 18.1. The smallest absolute Gasteiger partial charge is 0.148 e. The fourth-order valence-electron chi connectivity index (χ4n) is 2.50. The Bertz CT molecular complexity index is 485. The van der Waals surface area contributed by atoms with Gasteiger partial charge in [-0.1, -0.05) is 0 Å². The molecular formula is C14H23N5O. The third kappa shape index (κ3) is 2.71. The largest absolute Gasteiger partial charge is 0.383 e. The number of ether oxygens (including phenoxy) is 1. The minimum Gasteiger partial charge on any atom is -0.383 e. The summed E-state index contributed by atoms with van der Waals surface area (Å²) in [6.45, 7) is 3.61. The fourth-order valence-corrected chi connectivity index (χ4v) is 2.50. The number of rotatable bonds is 7. The van der Waals surface area contributed by atoms with Gasteiger partial charge in [0.15, 0.2) is 0 Å². The number of nitrogens with two attached hydrogens (primary N) is 1. The highest BCUT2D eigenvalue weighted by Crippen LogP contribution is 2.41. The van der Waals surface area contributed by atoms with E-state index in [-0.39, 0.29) is 0 Å². The maximum atomic E-state index is 5.62. The molecule has 3 rings (SSSR count). The van der Waals surface area contributed by atoms with Crippen molar-refractivity contribution < 1.29 is 4.74 Å². The van der Waals surface area contributed by atoms with Crippen LogP contribution >= 0.6 is 0 Å². The monoisotopic (exact) mass is 277 g/mol. The molecule has 1 heterocycles. The summed E-state index contributed by atoms with van der Waals surface area (Å²) >= 11 is 0. The summed E-state index contributed by atoms with van der Waals surface area (Å²) in [7, 11) is 1.74. The zero-order valence-electron chi connectivity index (χ0n) is 12.2. The Morgan fingerprint density at radius 2 is 2.05 bits per heavy atom. The lowest BCUT2D eigenvalue weighted by molar-refractivity contribution is 0.204. The Labute approximate surface area is 119 Å². The van der Waals surface area contributed by atoms with Crippen molar-refractivity contribution in [1.29, 1.82) is 0 Å². The second-order valence-electron chi connectivity index (χ2n) is 5.71. The van der Waals surface area contributed by atoms with Gasteiger partial charge in [-0.25, -0.2) is 15.8 Å².